The van der Waals surface area contributed by atoms with Crippen molar-refractivity contribution in [2.24, 2.45) is 0 Å². The van der Waals surface area contributed by atoms with Gasteiger partial charge in [-0.15, -0.1) is 0 Å². The van der Waals surface area contributed by atoms with E-state index < -0.39 is 10.2 Å². The zero-order chi connectivity index (χ0) is 17.0. The minimum absolute atomic E-state index is 0.0378. The van der Waals surface area contributed by atoms with Gasteiger partial charge < -0.3 is 4.90 Å². The van der Waals surface area contributed by atoms with Crippen LogP contribution in [0.2, 0.25) is 0 Å². The average molecular weight is 339 g/mol. The summed E-state index contributed by atoms with van der Waals surface area (Å²) >= 11 is 0. The largest absolute Gasteiger partial charge is 0.339 e. The van der Waals surface area contributed by atoms with Crippen molar-refractivity contribution < 1.29 is 13.2 Å². The van der Waals surface area contributed by atoms with E-state index in [1.807, 2.05) is 13.8 Å². The van der Waals surface area contributed by atoms with Crippen LogP contribution in [0, 0.1) is 0 Å². The van der Waals surface area contributed by atoms with E-state index in [2.05, 4.69) is 4.72 Å². The van der Waals surface area contributed by atoms with Crippen molar-refractivity contribution in [2.75, 3.05) is 20.1 Å². The monoisotopic (exact) mass is 339 g/mol. The Morgan fingerprint density at radius 3 is 2.30 bits per heavy atom. The molecule has 6 nitrogen and oxygen atoms in total. The van der Waals surface area contributed by atoms with Gasteiger partial charge in [-0.2, -0.15) is 17.4 Å². The first-order valence-corrected chi connectivity index (χ1v) is 9.36. The molecular formula is C16H25N3O3S. The highest BCUT2D eigenvalue weighted by Crippen LogP contribution is 2.13. The summed E-state index contributed by atoms with van der Waals surface area (Å²) in [5, 5.41) is 0. The number of hydrogen-bond donors (Lipinski definition) is 1. The second-order valence-corrected chi connectivity index (χ2v) is 7.89. The molecule has 0 saturated carbocycles. The first-order valence-electron chi connectivity index (χ1n) is 7.92. The van der Waals surface area contributed by atoms with Crippen LogP contribution in [0.1, 0.15) is 42.6 Å². The van der Waals surface area contributed by atoms with Crippen LogP contribution in [0.3, 0.4) is 0 Å². The van der Waals surface area contributed by atoms with Gasteiger partial charge in [0.1, 0.15) is 0 Å². The second-order valence-electron chi connectivity index (χ2n) is 6.14. The molecular weight excluding hydrogens is 314 g/mol. The highest BCUT2D eigenvalue weighted by atomic mass is 32.2. The maximum Gasteiger partial charge on any atom is 0.279 e. The van der Waals surface area contributed by atoms with Crippen LogP contribution < -0.4 is 4.72 Å². The molecule has 0 atom stereocenters. The number of rotatable bonds is 6. The van der Waals surface area contributed by atoms with Gasteiger partial charge in [0.2, 0.25) is 0 Å². The molecule has 1 aromatic rings. The summed E-state index contributed by atoms with van der Waals surface area (Å²) < 4.78 is 28.3. The molecule has 1 saturated heterocycles. The molecule has 2 rings (SSSR count). The maximum atomic E-state index is 12.2. The first-order chi connectivity index (χ1) is 10.8. The fraction of sp³-hybridized carbons (Fsp3) is 0.562. The molecule has 1 fully saturated rings. The molecule has 0 radical (unpaired) electrons. The van der Waals surface area contributed by atoms with Crippen molar-refractivity contribution in [2.45, 2.75) is 39.3 Å². The molecule has 0 aromatic heterocycles. The molecule has 1 aliphatic rings. The van der Waals surface area contributed by atoms with Gasteiger partial charge in [0.15, 0.2) is 0 Å². The van der Waals surface area contributed by atoms with E-state index in [4.69, 9.17) is 0 Å². The highest BCUT2D eigenvalue weighted by molar-refractivity contribution is 7.87. The summed E-state index contributed by atoms with van der Waals surface area (Å²) in [6.45, 7) is 5.32. The summed E-state index contributed by atoms with van der Waals surface area (Å²) in [4.78, 5) is 13.9. The molecule has 1 amide bonds. The Labute approximate surface area is 138 Å². The molecule has 1 aliphatic heterocycles. The van der Waals surface area contributed by atoms with Crippen molar-refractivity contribution in [1.82, 2.24) is 13.9 Å². The minimum Gasteiger partial charge on any atom is -0.339 e. The lowest BCUT2D eigenvalue weighted by Gasteiger charge is -2.21. The Balaban J connectivity index is 1.96. The van der Waals surface area contributed by atoms with Crippen LogP contribution in [-0.2, 0) is 16.8 Å². The molecule has 0 aliphatic carbocycles. The predicted octanol–water partition coefficient (Wildman–Crippen LogP) is 1.60. The highest BCUT2D eigenvalue weighted by Gasteiger charge is 2.24. The summed E-state index contributed by atoms with van der Waals surface area (Å²) in [5.74, 6) is -0.0378. The van der Waals surface area contributed by atoms with Crippen molar-refractivity contribution in [3.63, 3.8) is 0 Å². The zero-order valence-corrected chi connectivity index (χ0v) is 14.8. The van der Waals surface area contributed by atoms with Crippen LogP contribution in [0.5, 0.6) is 0 Å². The predicted molar refractivity (Wildman–Crippen MR) is 90.2 cm³/mol. The van der Waals surface area contributed by atoms with Crippen molar-refractivity contribution >= 4 is 16.1 Å². The normalized spacial score (nSPS) is 16.0. The quantitative estimate of drug-likeness (QED) is 0.856. The lowest BCUT2D eigenvalue weighted by atomic mass is 10.1. The maximum absolute atomic E-state index is 12.2. The van der Waals surface area contributed by atoms with E-state index >= 15 is 0 Å². The third-order valence-corrected chi connectivity index (χ3v) is 5.71. The number of nitrogens with zero attached hydrogens (tertiary/aromatic N) is 2. The summed E-state index contributed by atoms with van der Waals surface area (Å²) in [7, 11) is -1.63. The summed E-state index contributed by atoms with van der Waals surface area (Å²) in [6, 6.07) is 7.18. The number of hydrogen-bond acceptors (Lipinski definition) is 3. The zero-order valence-electron chi connectivity index (χ0n) is 13.9. The molecule has 0 spiro atoms. The Bertz CT molecular complexity index is 635. The van der Waals surface area contributed by atoms with Gasteiger partial charge in [0.05, 0.1) is 0 Å². The topological polar surface area (TPSA) is 69.7 Å². The summed E-state index contributed by atoms with van der Waals surface area (Å²) in [5.41, 5.74) is 1.43. The van der Waals surface area contributed by atoms with E-state index in [-0.39, 0.29) is 18.5 Å². The third-order valence-electron chi connectivity index (χ3n) is 4.16. The number of amides is 1. The van der Waals surface area contributed by atoms with Gasteiger partial charge in [0, 0.05) is 38.3 Å². The van der Waals surface area contributed by atoms with Crippen LogP contribution >= 0.6 is 0 Å². The molecule has 1 heterocycles. The van der Waals surface area contributed by atoms with Gasteiger partial charge in [-0.05, 0) is 44.4 Å². The Kier molecular flexibility index (Phi) is 5.78. The van der Waals surface area contributed by atoms with E-state index in [1.165, 1.54) is 4.31 Å². The molecule has 7 heteroatoms. The van der Waals surface area contributed by atoms with Crippen LogP contribution in [0.15, 0.2) is 24.3 Å². The molecule has 0 unspecified atom stereocenters. The van der Waals surface area contributed by atoms with Crippen LogP contribution in [-0.4, -0.2) is 49.7 Å². The van der Waals surface area contributed by atoms with Crippen LogP contribution in [0.4, 0.5) is 0 Å². The van der Waals surface area contributed by atoms with Crippen molar-refractivity contribution in [1.29, 1.82) is 0 Å². The first kappa shape index (κ1) is 17.9. The summed E-state index contributed by atoms with van der Waals surface area (Å²) in [6.07, 6.45) is 1.84. The van der Waals surface area contributed by atoms with Crippen molar-refractivity contribution in [3.8, 4) is 0 Å². The average Bonchev–Trinajstić information content (AvgIpc) is 3.07. The Morgan fingerprint density at radius 2 is 1.78 bits per heavy atom. The molecule has 0 bridgehead atoms. The standard InChI is InChI=1S/C16H25N3O3S/c1-13(2)18(3)16(20)15-8-6-14(7-9-15)12-17-23(21,22)19-10-4-5-11-19/h6-9,13,17H,4-5,10-12H2,1-3H3. The number of nitrogens with one attached hydrogen (secondary N) is 1. The lowest BCUT2D eigenvalue weighted by molar-refractivity contribution is 0.0755. The van der Waals surface area contributed by atoms with Crippen molar-refractivity contribution in [3.05, 3.63) is 35.4 Å². The van der Waals surface area contributed by atoms with E-state index in [0.29, 0.717) is 18.7 Å². The van der Waals surface area contributed by atoms with Gasteiger partial charge in [-0.3, -0.25) is 4.79 Å². The van der Waals surface area contributed by atoms with E-state index in [1.54, 1.807) is 36.2 Å². The van der Waals surface area contributed by atoms with Gasteiger partial charge in [0.25, 0.3) is 16.1 Å². The fourth-order valence-electron chi connectivity index (χ4n) is 2.40. The minimum atomic E-state index is -3.40. The van der Waals surface area contributed by atoms with E-state index in [9.17, 15) is 13.2 Å². The Morgan fingerprint density at radius 1 is 1.22 bits per heavy atom. The van der Waals surface area contributed by atoms with E-state index in [0.717, 1.165) is 18.4 Å². The smallest absolute Gasteiger partial charge is 0.279 e. The van der Waals surface area contributed by atoms with Gasteiger partial charge >= 0.3 is 0 Å². The SMILES string of the molecule is CC(C)N(C)C(=O)c1ccc(CNS(=O)(=O)N2CCCC2)cc1. The fourth-order valence-corrected chi connectivity index (χ4v) is 3.67. The number of benzene rings is 1. The van der Waals surface area contributed by atoms with Gasteiger partial charge in [-0.1, -0.05) is 12.1 Å². The molecule has 23 heavy (non-hydrogen) atoms. The molecule has 1 aromatic carbocycles. The Hall–Kier alpha value is -1.44. The third kappa shape index (κ3) is 4.53. The second kappa shape index (κ2) is 7.42. The number of carbonyl (C=O) groups is 1. The van der Waals surface area contributed by atoms with Crippen LogP contribution in [0.25, 0.3) is 0 Å². The molecule has 1 N–H and O–H groups in total. The lowest BCUT2D eigenvalue weighted by Crippen LogP contribution is -2.38. The van der Waals surface area contributed by atoms with Gasteiger partial charge in [-0.25, -0.2) is 0 Å². The number of carbonyl (C=O) groups excluding carboxylic acids is 1. The molecule has 128 valence electrons.